The fourth-order valence-electron chi connectivity index (χ4n) is 3.06. The van der Waals surface area contributed by atoms with Gasteiger partial charge in [0.05, 0.1) is 10.6 Å². The third kappa shape index (κ3) is 4.35. The summed E-state index contributed by atoms with van der Waals surface area (Å²) in [6, 6.07) is 1.93. The molecular formula is C18H26N6OS2. The minimum atomic E-state index is -0.0240. The first kappa shape index (κ1) is 19.9. The molecule has 3 aromatic heterocycles. The summed E-state index contributed by atoms with van der Waals surface area (Å²) in [4.78, 5) is 14.2. The maximum absolute atomic E-state index is 12.4. The van der Waals surface area contributed by atoms with Crippen LogP contribution in [0.3, 0.4) is 0 Å². The second-order valence-corrected chi connectivity index (χ2v) is 8.81. The highest BCUT2D eigenvalue weighted by molar-refractivity contribution is 7.98. The lowest BCUT2D eigenvalue weighted by atomic mass is 10.2. The summed E-state index contributed by atoms with van der Waals surface area (Å²) in [5.74, 6) is 1.51. The molecule has 3 heterocycles. The average Bonchev–Trinajstić information content (AvgIpc) is 3.28. The van der Waals surface area contributed by atoms with Crippen molar-refractivity contribution in [1.29, 1.82) is 0 Å². The van der Waals surface area contributed by atoms with Crippen LogP contribution < -0.4 is 5.32 Å². The van der Waals surface area contributed by atoms with Crippen LogP contribution in [0.2, 0.25) is 0 Å². The maximum Gasteiger partial charge on any atom is 0.261 e. The molecule has 0 atom stereocenters. The fraction of sp³-hybridized carbons (Fsp3) is 0.556. The standard InChI is InChI=1S/C18H26N6OS2/c1-11(2)10-24-15(20-21-18(24)26-5)7-6-8-19-16(25)14-9-13-12(3)22-23(4)17(13)27-14/h9,11H,6-8,10H2,1-5H3,(H,19,25). The van der Waals surface area contributed by atoms with Crippen molar-refractivity contribution >= 4 is 39.2 Å². The molecule has 0 radical (unpaired) electrons. The number of aromatic nitrogens is 5. The number of nitrogens with zero attached hydrogens (tertiary/aromatic N) is 5. The van der Waals surface area contributed by atoms with E-state index in [4.69, 9.17) is 0 Å². The van der Waals surface area contributed by atoms with Crippen LogP contribution in [0, 0.1) is 12.8 Å². The minimum Gasteiger partial charge on any atom is -0.351 e. The van der Waals surface area contributed by atoms with Crippen molar-refractivity contribution in [3.05, 3.63) is 22.5 Å². The van der Waals surface area contributed by atoms with E-state index in [-0.39, 0.29) is 5.91 Å². The second-order valence-electron chi connectivity index (χ2n) is 7.01. The molecule has 0 saturated heterocycles. The quantitative estimate of drug-likeness (QED) is 0.459. The second kappa shape index (κ2) is 8.43. The predicted molar refractivity (Wildman–Crippen MR) is 111 cm³/mol. The number of hydrogen-bond acceptors (Lipinski definition) is 6. The Hall–Kier alpha value is -1.87. The van der Waals surface area contributed by atoms with Crippen molar-refractivity contribution in [3.63, 3.8) is 0 Å². The number of aryl methyl sites for hydroxylation is 3. The van der Waals surface area contributed by atoms with E-state index >= 15 is 0 Å². The Kier molecular flexibility index (Phi) is 6.21. The monoisotopic (exact) mass is 406 g/mol. The molecule has 27 heavy (non-hydrogen) atoms. The Bertz CT molecular complexity index is 905. The Morgan fingerprint density at radius 2 is 2.15 bits per heavy atom. The van der Waals surface area contributed by atoms with E-state index in [1.54, 1.807) is 11.8 Å². The third-order valence-electron chi connectivity index (χ3n) is 4.31. The molecule has 146 valence electrons. The van der Waals surface area contributed by atoms with Gasteiger partial charge in [0.1, 0.15) is 10.7 Å². The van der Waals surface area contributed by atoms with Crippen LogP contribution in [0.5, 0.6) is 0 Å². The van der Waals surface area contributed by atoms with Crippen molar-refractivity contribution in [2.24, 2.45) is 13.0 Å². The highest BCUT2D eigenvalue weighted by Crippen LogP contribution is 2.27. The molecule has 3 aromatic rings. The van der Waals surface area contributed by atoms with Crippen molar-refractivity contribution in [3.8, 4) is 0 Å². The van der Waals surface area contributed by atoms with E-state index in [2.05, 4.69) is 39.0 Å². The zero-order valence-corrected chi connectivity index (χ0v) is 18.1. The molecule has 0 unspecified atom stereocenters. The van der Waals surface area contributed by atoms with Gasteiger partial charge in [-0.2, -0.15) is 5.10 Å². The summed E-state index contributed by atoms with van der Waals surface area (Å²) in [6.07, 6.45) is 3.66. The third-order valence-corrected chi connectivity index (χ3v) is 6.17. The number of thioether (sulfide) groups is 1. The van der Waals surface area contributed by atoms with Crippen LogP contribution in [0.25, 0.3) is 10.2 Å². The number of carbonyl (C=O) groups is 1. The zero-order chi connectivity index (χ0) is 19.6. The Balaban J connectivity index is 1.56. The molecule has 1 N–H and O–H groups in total. The van der Waals surface area contributed by atoms with Crippen LogP contribution in [-0.2, 0) is 20.0 Å². The van der Waals surface area contributed by atoms with Crippen LogP contribution >= 0.6 is 23.1 Å². The van der Waals surface area contributed by atoms with E-state index in [9.17, 15) is 4.79 Å². The summed E-state index contributed by atoms with van der Waals surface area (Å²) >= 11 is 3.10. The SMILES string of the molecule is CSc1nnc(CCCNC(=O)c2cc3c(C)nn(C)c3s2)n1CC(C)C. The topological polar surface area (TPSA) is 77.6 Å². The van der Waals surface area contributed by atoms with Crippen LogP contribution in [0.15, 0.2) is 11.2 Å². The van der Waals surface area contributed by atoms with Crippen LogP contribution in [0.1, 0.15) is 41.5 Å². The number of carbonyl (C=O) groups excluding carboxylic acids is 1. The maximum atomic E-state index is 12.4. The van der Waals surface area contributed by atoms with Gasteiger partial charge in [0, 0.05) is 31.9 Å². The zero-order valence-electron chi connectivity index (χ0n) is 16.4. The smallest absolute Gasteiger partial charge is 0.261 e. The molecule has 0 fully saturated rings. The van der Waals surface area contributed by atoms with Gasteiger partial charge in [0.2, 0.25) is 0 Å². The average molecular weight is 407 g/mol. The minimum absolute atomic E-state index is 0.0240. The van der Waals surface area contributed by atoms with Crippen molar-refractivity contribution in [2.45, 2.75) is 45.3 Å². The van der Waals surface area contributed by atoms with E-state index in [0.717, 1.165) is 51.2 Å². The van der Waals surface area contributed by atoms with Gasteiger partial charge in [-0.25, -0.2) is 0 Å². The summed E-state index contributed by atoms with van der Waals surface area (Å²) < 4.78 is 4.02. The molecule has 7 nitrogen and oxygen atoms in total. The lowest BCUT2D eigenvalue weighted by Gasteiger charge is -2.11. The van der Waals surface area contributed by atoms with Crippen LogP contribution in [-0.4, -0.2) is 43.3 Å². The van der Waals surface area contributed by atoms with Gasteiger partial charge in [-0.15, -0.1) is 21.5 Å². The highest BCUT2D eigenvalue weighted by Gasteiger charge is 2.15. The summed E-state index contributed by atoms with van der Waals surface area (Å²) in [5.41, 5.74) is 0.955. The summed E-state index contributed by atoms with van der Waals surface area (Å²) in [6.45, 7) is 7.88. The highest BCUT2D eigenvalue weighted by atomic mass is 32.2. The summed E-state index contributed by atoms with van der Waals surface area (Å²) in [5, 5.41) is 18.0. The van der Waals surface area contributed by atoms with Crippen molar-refractivity contribution < 1.29 is 4.79 Å². The van der Waals surface area contributed by atoms with Gasteiger partial charge in [-0.1, -0.05) is 25.6 Å². The molecule has 3 rings (SSSR count). The van der Waals surface area contributed by atoms with Gasteiger partial charge in [0.25, 0.3) is 5.91 Å². The first-order valence-corrected chi connectivity index (χ1v) is 11.1. The lowest BCUT2D eigenvalue weighted by molar-refractivity contribution is 0.0957. The molecule has 0 aromatic carbocycles. The fourth-order valence-corrected chi connectivity index (χ4v) is 4.62. The van der Waals surface area contributed by atoms with E-state index < -0.39 is 0 Å². The number of nitrogens with one attached hydrogen (secondary N) is 1. The molecule has 0 aliphatic rings. The first-order valence-electron chi connectivity index (χ1n) is 9.08. The number of thiophene rings is 1. The van der Waals surface area contributed by atoms with Gasteiger partial charge in [-0.05, 0) is 31.6 Å². The lowest BCUT2D eigenvalue weighted by Crippen LogP contribution is -2.24. The van der Waals surface area contributed by atoms with Gasteiger partial charge < -0.3 is 9.88 Å². The number of rotatable bonds is 8. The number of fused-ring (bicyclic) bond motifs is 1. The van der Waals surface area contributed by atoms with Crippen molar-refractivity contribution in [2.75, 3.05) is 12.8 Å². The molecule has 0 aliphatic carbocycles. The van der Waals surface area contributed by atoms with Crippen LogP contribution in [0.4, 0.5) is 0 Å². The predicted octanol–water partition coefficient (Wildman–Crippen LogP) is 3.28. The molecular weight excluding hydrogens is 380 g/mol. The molecule has 0 spiro atoms. The van der Waals surface area contributed by atoms with E-state index in [1.165, 1.54) is 11.3 Å². The molecule has 0 aliphatic heterocycles. The van der Waals surface area contributed by atoms with Gasteiger partial charge in [0.15, 0.2) is 5.16 Å². The van der Waals surface area contributed by atoms with Gasteiger partial charge >= 0.3 is 0 Å². The normalized spacial score (nSPS) is 11.6. The Labute approximate surface area is 167 Å². The summed E-state index contributed by atoms with van der Waals surface area (Å²) in [7, 11) is 1.91. The molecule has 0 bridgehead atoms. The van der Waals surface area contributed by atoms with E-state index in [0.29, 0.717) is 12.5 Å². The molecule has 1 amide bonds. The molecule has 0 saturated carbocycles. The molecule has 9 heteroatoms. The van der Waals surface area contributed by atoms with Gasteiger partial charge in [-0.3, -0.25) is 9.48 Å². The van der Waals surface area contributed by atoms with Crippen molar-refractivity contribution in [1.82, 2.24) is 29.9 Å². The largest absolute Gasteiger partial charge is 0.351 e. The Morgan fingerprint density at radius 1 is 1.37 bits per heavy atom. The number of amides is 1. The first-order chi connectivity index (χ1) is 12.9. The number of hydrogen-bond donors (Lipinski definition) is 1. The van der Waals surface area contributed by atoms with E-state index in [1.807, 2.05) is 31.0 Å². The Morgan fingerprint density at radius 3 is 2.81 bits per heavy atom.